The lowest BCUT2D eigenvalue weighted by Crippen LogP contribution is -2.50. The Morgan fingerprint density at radius 2 is 2.30 bits per heavy atom. The van der Waals surface area contributed by atoms with E-state index in [1.807, 2.05) is 25.1 Å². The van der Waals surface area contributed by atoms with E-state index in [9.17, 15) is 4.79 Å². The molecule has 1 aromatic rings. The molecule has 5 heteroatoms. The molecule has 0 radical (unpaired) electrons. The minimum Gasteiger partial charge on any atom is -0.492 e. The first-order valence-electron chi connectivity index (χ1n) is 7.09. The highest BCUT2D eigenvalue weighted by Crippen LogP contribution is 2.37. The summed E-state index contributed by atoms with van der Waals surface area (Å²) >= 11 is 6.14. The third kappa shape index (κ3) is 2.50. The monoisotopic (exact) mass is 294 g/mol. The van der Waals surface area contributed by atoms with Crippen LogP contribution in [-0.4, -0.2) is 25.6 Å². The Kier molecular flexibility index (Phi) is 3.85. The van der Waals surface area contributed by atoms with Gasteiger partial charge in [0.05, 0.1) is 17.7 Å². The Morgan fingerprint density at radius 1 is 1.50 bits per heavy atom. The van der Waals surface area contributed by atoms with Gasteiger partial charge in [-0.25, -0.2) is 0 Å². The second kappa shape index (κ2) is 5.62. The predicted molar refractivity (Wildman–Crippen MR) is 78.0 cm³/mol. The zero-order chi connectivity index (χ0) is 14.1. The summed E-state index contributed by atoms with van der Waals surface area (Å²) in [6.45, 7) is 4.45. The Bertz CT molecular complexity index is 517. The molecule has 2 N–H and O–H groups in total. The van der Waals surface area contributed by atoms with Crippen LogP contribution < -0.4 is 15.4 Å². The van der Waals surface area contributed by atoms with Gasteiger partial charge in [0.2, 0.25) is 5.91 Å². The summed E-state index contributed by atoms with van der Waals surface area (Å²) in [6.07, 6.45) is 0.786. The number of para-hydroxylation sites is 1. The summed E-state index contributed by atoms with van der Waals surface area (Å²) in [4.78, 5) is 12.3. The molecule has 1 amide bonds. The van der Waals surface area contributed by atoms with E-state index in [1.54, 1.807) is 0 Å². The highest BCUT2D eigenvalue weighted by molar-refractivity contribution is 6.32. The van der Waals surface area contributed by atoms with E-state index in [-0.39, 0.29) is 17.9 Å². The molecule has 2 aliphatic heterocycles. The fourth-order valence-corrected chi connectivity index (χ4v) is 2.95. The minimum absolute atomic E-state index is 0.000403. The van der Waals surface area contributed by atoms with E-state index < -0.39 is 0 Å². The number of nitrogens with one attached hydrogen (secondary N) is 2. The fraction of sp³-hybridized carbons (Fsp3) is 0.533. The van der Waals surface area contributed by atoms with Crippen LogP contribution >= 0.6 is 11.6 Å². The summed E-state index contributed by atoms with van der Waals surface area (Å²) in [5.74, 6) is 1.33. The molecule has 3 rings (SSSR count). The lowest BCUT2D eigenvalue weighted by atomic mass is 9.87. The molecule has 0 aromatic heterocycles. The van der Waals surface area contributed by atoms with Crippen molar-refractivity contribution >= 4 is 17.5 Å². The Labute approximate surface area is 123 Å². The number of hydrogen-bond acceptors (Lipinski definition) is 3. The van der Waals surface area contributed by atoms with Gasteiger partial charge in [0.25, 0.3) is 0 Å². The Hall–Kier alpha value is -1.26. The van der Waals surface area contributed by atoms with Crippen molar-refractivity contribution in [3.8, 4) is 5.75 Å². The normalized spacial score (nSPS) is 23.2. The van der Waals surface area contributed by atoms with Gasteiger partial charge in [-0.15, -0.1) is 0 Å². The van der Waals surface area contributed by atoms with Crippen molar-refractivity contribution in [3.63, 3.8) is 0 Å². The Morgan fingerprint density at radius 3 is 3.00 bits per heavy atom. The van der Waals surface area contributed by atoms with Crippen molar-refractivity contribution < 1.29 is 9.53 Å². The molecule has 1 saturated heterocycles. The van der Waals surface area contributed by atoms with Crippen molar-refractivity contribution in [1.82, 2.24) is 10.6 Å². The van der Waals surface area contributed by atoms with Gasteiger partial charge in [0.1, 0.15) is 5.75 Å². The summed E-state index contributed by atoms with van der Waals surface area (Å²) in [6, 6.07) is 5.68. The van der Waals surface area contributed by atoms with Crippen LogP contribution in [0.4, 0.5) is 0 Å². The number of rotatable bonds is 3. The fourth-order valence-electron chi connectivity index (χ4n) is 2.72. The van der Waals surface area contributed by atoms with Crippen LogP contribution in [0.15, 0.2) is 18.2 Å². The molecule has 20 heavy (non-hydrogen) atoms. The van der Waals surface area contributed by atoms with Crippen LogP contribution in [0.5, 0.6) is 5.75 Å². The number of amides is 1. The van der Waals surface area contributed by atoms with Crippen molar-refractivity contribution in [1.29, 1.82) is 0 Å². The third-order valence-corrected chi connectivity index (χ3v) is 4.57. The van der Waals surface area contributed by atoms with Crippen molar-refractivity contribution in [2.24, 2.45) is 11.8 Å². The third-order valence-electron chi connectivity index (χ3n) is 4.28. The van der Waals surface area contributed by atoms with Crippen LogP contribution in [0.25, 0.3) is 0 Å². The first kappa shape index (κ1) is 13.7. The molecule has 0 spiro atoms. The molecule has 2 unspecified atom stereocenters. The van der Waals surface area contributed by atoms with E-state index in [1.165, 1.54) is 0 Å². The smallest absolute Gasteiger partial charge is 0.223 e. The molecule has 0 saturated carbocycles. The first-order valence-corrected chi connectivity index (χ1v) is 7.47. The predicted octanol–water partition coefficient (Wildman–Crippen LogP) is 2.14. The summed E-state index contributed by atoms with van der Waals surface area (Å²) in [5, 5.41) is 6.96. The van der Waals surface area contributed by atoms with Gasteiger partial charge in [-0.2, -0.15) is 0 Å². The molecule has 2 aliphatic rings. The molecule has 0 bridgehead atoms. The SMILES string of the molecule is CC(C(=O)NC1CCOc2c(Cl)cccc21)C1CNC1. The summed E-state index contributed by atoms with van der Waals surface area (Å²) < 4.78 is 5.61. The number of fused-ring (bicyclic) bond motifs is 1. The maximum Gasteiger partial charge on any atom is 0.223 e. The summed E-state index contributed by atoms with van der Waals surface area (Å²) in [5.41, 5.74) is 0.982. The molecule has 2 atom stereocenters. The molecule has 2 heterocycles. The highest BCUT2D eigenvalue weighted by atomic mass is 35.5. The largest absolute Gasteiger partial charge is 0.492 e. The standard InChI is InChI=1S/C15H19ClN2O2/c1-9(10-7-17-8-10)15(19)18-13-5-6-20-14-11(13)3-2-4-12(14)16/h2-4,9-10,13,17H,5-8H2,1H3,(H,18,19). The van der Waals surface area contributed by atoms with Gasteiger partial charge in [-0.05, 0) is 25.1 Å². The average molecular weight is 295 g/mol. The first-order chi connectivity index (χ1) is 9.66. The second-order valence-corrected chi connectivity index (χ2v) is 5.97. The van der Waals surface area contributed by atoms with Gasteiger partial charge in [-0.3, -0.25) is 4.79 Å². The van der Waals surface area contributed by atoms with Gasteiger partial charge in [-0.1, -0.05) is 30.7 Å². The molecule has 108 valence electrons. The van der Waals surface area contributed by atoms with E-state index in [0.29, 0.717) is 23.3 Å². The lowest BCUT2D eigenvalue weighted by Gasteiger charge is -2.34. The number of hydrogen-bond donors (Lipinski definition) is 2. The van der Waals surface area contributed by atoms with Crippen LogP contribution in [0, 0.1) is 11.8 Å². The zero-order valence-electron chi connectivity index (χ0n) is 11.5. The number of halogens is 1. The van der Waals surface area contributed by atoms with Crippen LogP contribution in [0.1, 0.15) is 24.9 Å². The van der Waals surface area contributed by atoms with E-state index in [4.69, 9.17) is 16.3 Å². The van der Waals surface area contributed by atoms with Gasteiger partial charge in [0, 0.05) is 17.9 Å². The molecular formula is C15H19ClN2O2. The van der Waals surface area contributed by atoms with Gasteiger partial charge in [0.15, 0.2) is 0 Å². The molecule has 4 nitrogen and oxygen atoms in total. The Balaban J connectivity index is 1.72. The topological polar surface area (TPSA) is 50.4 Å². The van der Waals surface area contributed by atoms with E-state index in [0.717, 1.165) is 25.1 Å². The number of carbonyl (C=O) groups is 1. The highest BCUT2D eigenvalue weighted by Gasteiger charge is 2.31. The van der Waals surface area contributed by atoms with E-state index >= 15 is 0 Å². The quantitative estimate of drug-likeness (QED) is 0.898. The average Bonchev–Trinajstić information content (AvgIpc) is 2.38. The maximum atomic E-state index is 12.3. The van der Waals surface area contributed by atoms with Crippen LogP contribution in [0.2, 0.25) is 5.02 Å². The molecule has 1 fully saturated rings. The zero-order valence-corrected chi connectivity index (χ0v) is 12.2. The van der Waals surface area contributed by atoms with Gasteiger partial charge < -0.3 is 15.4 Å². The molecule has 1 aromatic carbocycles. The van der Waals surface area contributed by atoms with Crippen molar-refractivity contribution in [2.75, 3.05) is 19.7 Å². The van der Waals surface area contributed by atoms with E-state index in [2.05, 4.69) is 10.6 Å². The number of ether oxygens (including phenoxy) is 1. The second-order valence-electron chi connectivity index (χ2n) is 5.56. The maximum absolute atomic E-state index is 12.3. The molecular weight excluding hydrogens is 276 g/mol. The van der Waals surface area contributed by atoms with Crippen molar-refractivity contribution in [2.45, 2.75) is 19.4 Å². The number of benzene rings is 1. The van der Waals surface area contributed by atoms with Crippen molar-refractivity contribution in [3.05, 3.63) is 28.8 Å². The van der Waals surface area contributed by atoms with Crippen LogP contribution in [0.3, 0.4) is 0 Å². The summed E-state index contributed by atoms with van der Waals surface area (Å²) in [7, 11) is 0. The minimum atomic E-state index is 0.000403. The lowest BCUT2D eigenvalue weighted by molar-refractivity contribution is -0.127. The number of carbonyl (C=O) groups excluding carboxylic acids is 1. The molecule has 0 aliphatic carbocycles. The van der Waals surface area contributed by atoms with Gasteiger partial charge >= 0.3 is 0 Å². The van der Waals surface area contributed by atoms with Crippen LogP contribution in [-0.2, 0) is 4.79 Å².